The predicted molar refractivity (Wildman–Crippen MR) is 74.6 cm³/mol. The first-order valence-electron chi connectivity index (χ1n) is 5.66. The van der Waals surface area contributed by atoms with Crippen LogP contribution in [0.15, 0.2) is 57.7 Å². The molecule has 0 spiro atoms. The first kappa shape index (κ1) is 11.8. The van der Waals surface area contributed by atoms with E-state index in [1.54, 1.807) is 42.5 Å². The fraction of sp³-hybridized carbons (Fsp3) is 0. The van der Waals surface area contributed by atoms with Crippen molar-refractivity contribution >= 4 is 22.6 Å². The van der Waals surface area contributed by atoms with E-state index in [0.29, 0.717) is 21.7 Å². The second-order valence-electron chi connectivity index (χ2n) is 4.18. The van der Waals surface area contributed by atoms with E-state index in [2.05, 4.69) is 0 Å². The highest BCUT2D eigenvalue weighted by molar-refractivity contribution is 6.30. The van der Waals surface area contributed by atoms with Crippen molar-refractivity contribution in [2.75, 3.05) is 0 Å². The van der Waals surface area contributed by atoms with E-state index in [4.69, 9.17) is 16.0 Å². The van der Waals surface area contributed by atoms with Gasteiger partial charge in [0, 0.05) is 16.5 Å². The highest BCUT2D eigenvalue weighted by Crippen LogP contribution is 2.25. The van der Waals surface area contributed by atoms with Gasteiger partial charge >= 0.3 is 5.63 Å². The molecular weight excluding hydrogens is 264 g/mol. The van der Waals surface area contributed by atoms with Crippen LogP contribution in [-0.4, -0.2) is 5.11 Å². The van der Waals surface area contributed by atoms with E-state index in [9.17, 15) is 9.90 Å². The first-order valence-corrected chi connectivity index (χ1v) is 6.04. The Balaban J connectivity index is 2.28. The third-order valence-electron chi connectivity index (χ3n) is 2.86. The van der Waals surface area contributed by atoms with Gasteiger partial charge in [-0.2, -0.15) is 0 Å². The molecule has 1 aromatic heterocycles. The van der Waals surface area contributed by atoms with E-state index < -0.39 is 5.63 Å². The number of phenolic OH excluding ortho intramolecular Hbond substituents is 1. The number of phenols is 1. The van der Waals surface area contributed by atoms with Gasteiger partial charge in [0.1, 0.15) is 11.3 Å². The maximum absolute atomic E-state index is 12.0. The van der Waals surface area contributed by atoms with Crippen molar-refractivity contribution in [1.29, 1.82) is 0 Å². The normalized spacial score (nSPS) is 10.8. The Bertz CT molecular complexity index is 821. The van der Waals surface area contributed by atoms with Crippen LogP contribution in [0.2, 0.25) is 5.02 Å². The number of hydrogen-bond donors (Lipinski definition) is 1. The molecule has 0 saturated heterocycles. The van der Waals surface area contributed by atoms with Gasteiger partial charge in [0.05, 0.1) is 5.56 Å². The van der Waals surface area contributed by atoms with Crippen LogP contribution in [0.5, 0.6) is 5.75 Å². The molecule has 0 radical (unpaired) electrons. The van der Waals surface area contributed by atoms with Gasteiger partial charge in [-0.3, -0.25) is 0 Å². The minimum absolute atomic E-state index is 0.0613. The Morgan fingerprint density at radius 3 is 2.68 bits per heavy atom. The second-order valence-corrected chi connectivity index (χ2v) is 4.62. The van der Waals surface area contributed by atoms with Crippen LogP contribution in [0.3, 0.4) is 0 Å². The average Bonchev–Trinajstić information content (AvgIpc) is 2.37. The summed E-state index contributed by atoms with van der Waals surface area (Å²) in [7, 11) is 0. The third kappa shape index (κ3) is 2.20. The van der Waals surface area contributed by atoms with Gasteiger partial charge in [-0.05, 0) is 35.9 Å². The molecule has 0 fully saturated rings. The summed E-state index contributed by atoms with van der Waals surface area (Å²) in [5.41, 5.74) is 1.05. The largest absolute Gasteiger partial charge is 0.508 e. The maximum Gasteiger partial charge on any atom is 0.344 e. The molecule has 3 aromatic rings. The van der Waals surface area contributed by atoms with Gasteiger partial charge in [0.2, 0.25) is 0 Å². The van der Waals surface area contributed by atoms with Crippen LogP contribution in [0, 0.1) is 0 Å². The molecule has 0 saturated carbocycles. The van der Waals surface area contributed by atoms with Crippen LogP contribution in [0.1, 0.15) is 0 Å². The fourth-order valence-corrected chi connectivity index (χ4v) is 2.15. The maximum atomic E-state index is 12.0. The summed E-state index contributed by atoms with van der Waals surface area (Å²) in [4.78, 5) is 12.0. The molecule has 0 aliphatic rings. The van der Waals surface area contributed by atoms with Crippen molar-refractivity contribution in [1.82, 2.24) is 0 Å². The summed E-state index contributed by atoms with van der Waals surface area (Å²) in [5.74, 6) is 0.0613. The van der Waals surface area contributed by atoms with Crippen molar-refractivity contribution in [2.24, 2.45) is 0 Å². The second kappa shape index (κ2) is 4.44. The molecule has 19 heavy (non-hydrogen) atoms. The number of rotatable bonds is 1. The molecule has 3 nitrogen and oxygen atoms in total. The van der Waals surface area contributed by atoms with Crippen LogP contribution >= 0.6 is 11.6 Å². The molecule has 0 amide bonds. The molecule has 1 N–H and O–H groups in total. The molecule has 0 atom stereocenters. The monoisotopic (exact) mass is 272 g/mol. The number of benzene rings is 2. The Kier molecular flexibility index (Phi) is 2.76. The molecule has 0 aliphatic carbocycles. The highest BCUT2D eigenvalue weighted by atomic mass is 35.5. The fourth-order valence-electron chi connectivity index (χ4n) is 1.96. The van der Waals surface area contributed by atoms with E-state index in [0.717, 1.165) is 5.39 Å². The minimum atomic E-state index is -0.458. The average molecular weight is 273 g/mol. The Hall–Kier alpha value is -2.26. The van der Waals surface area contributed by atoms with Crippen LogP contribution in [0.25, 0.3) is 22.1 Å². The topological polar surface area (TPSA) is 50.4 Å². The summed E-state index contributed by atoms with van der Waals surface area (Å²) in [5, 5.41) is 10.7. The Labute approximate surface area is 113 Å². The molecule has 0 bridgehead atoms. The predicted octanol–water partition coefficient (Wildman–Crippen LogP) is 3.82. The summed E-state index contributed by atoms with van der Waals surface area (Å²) in [6.07, 6.45) is 0. The van der Waals surface area contributed by atoms with Crippen LogP contribution in [-0.2, 0) is 0 Å². The molecule has 4 heteroatoms. The Morgan fingerprint density at radius 1 is 1.05 bits per heavy atom. The quantitative estimate of drug-likeness (QED) is 0.685. The molecular formula is C15H9ClO3. The molecule has 1 heterocycles. The van der Waals surface area contributed by atoms with Crippen molar-refractivity contribution in [3.05, 3.63) is 64.0 Å². The lowest BCUT2D eigenvalue weighted by atomic mass is 10.1. The molecule has 2 aromatic carbocycles. The molecule has 94 valence electrons. The smallest absolute Gasteiger partial charge is 0.344 e. The van der Waals surface area contributed by atoms with Gasteiger partial charge in [0.15, 0.2) is 0 Å². The van der Waals surface area contributed by atoms with E-state index in [1.165, 1.54) is 6.07 Å². The van der Waals surface area contributed by atoms with Crippen molar-refractivity contribution in [3.63, 3.8) is 0 Å². The SMILES string of the molecule is O=c1oc2cc(O)ccc2cc1-c1cccc(Cl)c1. The van der Waals surface area contributed by atoms with Crippen molar-refractivity contribution < 1.29 is 9.52 Å². The first-order chi connectivity index (χ1) is 9.13. The number of halogens is 1. The summed E-state index contributed by atoms with van der Waals surface area (Å²) >= 11 is 5.92. The van der Waals surface area contributed by atoms with E-state index >= 15 is 0 Å². The Morgan fingerprint density at radius 2 is 1.89 bits per heavy atom. The van der Waals surface area contributed by atoms with Crippen molar-refractivity contribution in [3.8, 4) is 16.9 Å². The van der Waals surface area contributed by atoms with Crippen LogP contribution < -0.4 is 5.63 Å². The molecule has 0 unspecified atom stereocenters. The highest BCUT2D eigenvalue weighted by Gasteiger charge is 2.08. The number of fused-ring (bicyclic) bond motifs is 1. The van der Waals surface area contributed by atoms with E-state index in [1.807, 2.05) is 0 Å². The zero-order chi connectivity index (χ0) is 13.4. The van der Waals surface area contributed by atoms with Gasteiger partial charge in [-0.15, -0.1) is 0 Å². The molecule has 0 aliphatic heterocycles. The van der Waals surface area contributed by atoms with Gasteiger partial charge < -0.3 is 9.52 Å². The van der Waals surface area contributed by atoms with Crippen molar-refractivity contribution in [2.45, 2.75) is 0 Å². The number of hydrogen-bond acceptors (Lipinski definition) is 3. The minimum Gasteiger partial charge on any atom is -0.508 e. The lowest BCUT2D eigenvalue weighted by Crippen LogP contribution is -2.02. The standard InChI is InChI=1S/C15H9ClO3/c16-11-3-1-2-9(6-11)13-7-10-4-5-12(17)8-14(10)19-15(13)18/h1-8,17H. The van der Waals surface area contributed by atoms with E-state index in [-0.39, 0.29) is 5.75 Å². The molecule has 3 rings (SSSR count). The summed E-state index contributed by atoms with van der Waals surface area (Å²) in [6.45, 7) is 0. The zero-order valence-corrected chi connectivity index (χ0v) is 10.5. The number of aromatic hydroxyl groups is 1. The van der Waals surface area contributed by atoms with Crippen LogP contribution in [0.4, 0.5) is 0 Å². The zero-order valence-electron chi connectivity index (χ0n) is 9.76. The summed E-state index contributed by atoms with van der Waals surface area (Å²) < 4.78 is 5.21. The lowest BCUT2D eigenvalue weighted by Gasteiger charge is -2.03. The summed E-state index contributed by atoms with van der Waals surface area (Å²) in [6, 6.07) is 13.4. The van der Waals surface area contributed by atoms with Gasteiger partial charge in [-0.25, -0.2) is 4.79 Å². The third-order valence-corrected chi connectivity index (χ3v) is 3.09. The van der Waals surface area contributed by atoms with Gasteiger partial charge in [0.25, 0.3) is 0 Å². The van der Waals surface area contributed by atoms with Gasteiger partial charge in [-0.1, -0.05) is 23.7 Å². The lowest BCUT2D eigenvalue weighted by molar-refractivity contribution is 0.473.